The summed E-state index contributed by atoms with van der Waals surface area (Å²) in [4.78, 5) is 11.7. The van der Waals surface area contributed by atoms with Crippen LogP contribution in [0.25, 0.3) is 0 Å². The minimum Gasteiger partial charge on any atom is -0.355 e. The molecule has 0 aromatic heterocycles. The molecule has 0 rings (SSSR count). The van der Waals surface area contributed by atoms with E-state index in [1.165, 1.54) is 14.1 Å². The molecule has 0 saturated carbocycles. The topological polar surface area (TPSA) is 92.5 Å². The molecule has 0 aliphatic heterocycles. The van der Waals surface area contributed by atoms with Gasteiger partial charge >= 0.3 is 0 Å². The van der Waals surface area contributed by atoms with Crippen molar-refractivity contribution in [3.05, 3.63) is 0 Å². The lowest BCUT2D eigenvalue weighted by Gasteiger charge is -2.17. The second-order valence-corrected chi connectivity index (χ2v) is 7.69. The summed E-state index contributed by atoms with van der Waals surface area (Å²) in [5, 5.41) is 2.63. The minimum absolute atomic E-state index is 0.0801. The van der Waals surface area contributed by atoms with Crippen molar-refractivity contribution >= 4 is 15.9 Å². The predicted octanol–water partition coefficient (Wildman–Crippen LogP) is 0.00510. The van der Waals surface area contributed by atoms with Gasteiger partial charge in [-0.3, -0.25) is 4.79 Å². The van der Waals surface area contributed by atoms with Crippen LogP contribution in [0.3, 0.4) is 0 Å². The Balaban J connectivity index is 4.05. The maximum Gasteiger partial charge on any atom is 0.220 e. The van der Waals surface area contributed by atoms with Gasteiger partial charge in [0.05, 0.1) is 5.75 Å². The smallest absolute Gasteiger partial charge is 0.220 e. The zero-order valence-electron chi connectivity index (χ0n) is 12.3. The van der Waals surface area contributed by atoms with Gasteiger partial charge < -0.3 is 11.1 Å². The highest BCUT2D eigenvalue weighted by molar-refractivity contribution is 7.89. The van der Waals surface area contributed by atoms with Crippen LogP contribution in [-0.2, 0) is 14.8 Å². The zero-order valence-corrected chi connectivity index (χ0v) is 13.2. The number of amides is 1. The summed E-state index contributed by atoms with van der Waals surface area (Å²) in [6.45, 7) is 4.79. The molecule has 114 valence electrons. The number of hydrogen-bond donors (Lipinski definition) is 2. The Kier molecular flexibility index (Phi) is 8.20. The highest BCUT2D eigenvalue weighted by atomic mass is 32.2. The maximum absolute atomic E-state index is 11.7. The monoisotopic (exact) mass is 293 g/mol. The molecule has 3 N–H and O–H groups in total. The molecule has 0 aliphatic carbocycles. The number of nitrogens with two attached hydrogens (primary N) is 1. The Labute approximate surface area is 116 Å². The maximum atomic E-state index is 11.7. The molecular weight excluding hydrogens is 266 g/mol. The number of sulfonamides is 1. The number of carbonyl (C=O) groups is 1. The SMILES string of the molecule is CC(C)CC(CN)CC(=O)NCCS(=O)(=O)N(C)C. The molecule has 0 fully saturated rings. The summed E-state index contributed by atoms with van der Waals surface area (Å²) in [7, 11) is -0.300. The predicted molar refractivity (Wildman–Crippen MR) is 77.1 cm³/mol. The Morgan fingerprint density at radius 3 is 2.32 bits per heavy atom. The fraction of sp³-hybridized carbons (Fsp3) is 0.917. The van der Waals surface area contributed by atoms with Gasteiger partial charge in [0, 0.05) is 27.1 Å². The van der Waals surface area contributed by atoms with E-state index in [4.69, 9.17) is 5.73 Å². The second kappa shape index (κ2) is 8.50. The van der Waals surface area contributed by atoms with Gasteiger partial charge in [-0.15, -0.1) is 0 Å². The van der Waals surface area contributed by atoms with Crippen molar-refractivity contribution in [1.82, 2.24) is 9.62 Å². The van der Waals surface area contributed by atoms with Gasteiger partial charge in [0.2, 0.25) is 15.9 Å². The molecule has 0 bridgehead atoms. The molecule has 0 heterocycles. The van der Waals surface area contributed by atoms with Gasteiger partial charge in [0.1, 0.15) is 0 Å². The van der Waals surface area contributed by atoms with Gasteiger partial charge in [-0.2, -0.15) is 0 Å². The van der Waals surface area contributed by atoms with Gasteiger partial charge in [-0.05, 0) is 24.8 Å². The lowest BCUT2D eigenvalue weighted by molar-refractivity contribution is -0.121. The third kappa shape index (κ3) is 8.18. The van der Waals surface area contributed by atoms with Crippen molar-refractivity contribution in [3.63, 3.8) is 0 Å². The first-order chi connectivity index (χ1) is 8.69. The van der Waals surface area contributed by atoms with Gasteiger partial charge in [0.15, 0.2) is 0 Å². The van der Waals surface area contributed by atoms with Crippen LogP contribution in [0.1, 0.15) is 26.7 Å². The number of carbonyl (C=O) groups excluding carboxylic acids is 1. The fourth-order valence-corrected chi connectivity index (χ4v) is 2.49. The summed E-state index contributed by atoms with van der Waals surface area (Å²) >= 11 is 0. The summed E-state index contributed by atoms with van der Waals surface area (Å²) in [6.07, 6.45) is 1.26. The largest absolute Gasteiger partial charge is 0.355 e. The molecule has 0 saturated heterocycles. The standard InChI is InChI=1S/C12H27N3O3S/c1-10(2)7-11(9-13)8-12(16)14-5-6-19(17,18)15(3)4/h10-11H,5-9,13H2,1-4H3,(H,14,16). The highest BCUT2D eigenvalue weighted by Gasteiger charge is 2.16. The van der Waals surface area contributed by atoms with Gasteiger partial charge in [-0.1, -0.05) is 13.8 Å². The van der Waals surface area contributed by atoms with Crippen LogP contribution in [-0.4, -0.2) is 51.6 Å². The van der Waals surface area contributed by atoms with Crippen molar-refractivity contribution < 1.29 is 13.2 Å². The number of rotatable bonds is 9. The fourth-order valence-electron chi connectivity index (χ4n) is 1.77. The van der Waals surface area contributed by atoms with E-state index in [0.717, 1.165) is 10.7 Å². The van der Waals surface area contributed by atoms with Crippen LogP contribution in [0.15, 0.2) is 0 Å². The third-order valence-electron chi connectivity index (χ3n) is 2.85. The summed E-state index contributed by atoms with van der Waals surface area (Å²) in [6, 6.07) is 0. The lowest BCUT2D eigenvalue weighted by Crippen LogP contribution is -2.35. The molecule has 0 aromatic rings. The van der Waals surface area contributed by atoms with Gasteiger partial charge in [0.25, 0.3) is 0 Å². The average Bonchev–Trinajstić information content (AvgIpc) is 2.26. The summed E-state index contributed by atoms with van der Waals surface area (Å²) in [5.41, 5.74) is 5.62. The number of hydrogen-bond acceptors (Lipinski definition) is 4. The van der Waals surface area contributed by atoms with Crippen LogP contribution in [0.4, 0.5) is 0 Å². The van der Waals surface area contributed by atoms with E-state index in [1.807, 2.05) is 0 Å². The first kappa shape index (κ1) is 18.3. The molecule has 1 amide bonds. The van der Waals surface area contributed by atoms with E-state index >= 15 is 0 Å². The van der Waals surface area contributed by atoms with Crippen molar-refractivity contribution in [1.29, 1.82) is 0 Å². The summed E-state index contributed by atoms with van der Waals surface area (Å²) in [5.74, 6) is 0.439. The molecule has 0 aromatic carbocycles. The molecule has 0 radical (unpaired) electrons. The normalized spacial score (nSPS) is 13.8. The molecule has 0 aliphatic rings. The molecule has 1 atom stereocenters. The Bertz CT molecular complexity index is 366. The highest BCUT2D eigenvalue weighted by Crippen LogP contribution is 2.13. The van der Waals surface area contributed by atoms with Crippen LogP contribution >= 0.6 is 0 Å². The van der Waals surface area contributed by atoms with Gasteiger partial charge in [-0.25, -0.2) is 12.7 Å². The molecule has 7 heteroatoms. The van der Waals surface area contributed by atoms with E-state index in [-0.39, 0.29) is 24.1 Å². The quantitative estimate of drug-likeness (QED) is 0.626. The van der Waals surface area contributed by atoms with Crippen molar-refractivity contribution in [2.75, 3.05) is 32.9 Å². The summed E-state index contributed by atoms with van der Waals surface area (Å²) < 4.78 is 24.1. The van der Waals surface area contributed by atoms with Crippen LogP contribution in [0.5, 0.6) is 0 Å². The van der Waals surface area contributed by atoms with E-state index < -0.39 is 10.0 Å². The Morgan fingerprint density at radius 1 is 1.32 bits per heavy atom. The first-order valence-corrected chi connectivity index (χ1v) is 8.17. The molecule has 1 unspecified atom stereocenters. The van der Waals surface area contributed by atoms with Crippen molar-refractivity contribution in [3.8, 4) is 0 Å². The Morgan fingerprint density at radius 2 is 1.89 bits per heavy atom. The van der Waals surface area contributed by atoms with E-state index in [9.17, 15) is 13.2 Å². The lowest BCUT2D eigenvalue weighted by atomic mass is 9.94. The third-order valence-corrected chi connectivity index (χ3v) is 4.68. The Hall–Kier alpha value is -0.660. The molecule has 19 heavy (non-hydrogen) atoms. The first-order valence-electron chi connectivity index (χ1n) is 6.56. The molecule has 0 spiro atoms. The van der Waals surface area contributed by atoms with Crippen molar-refractivity contribution in [2.24, 2.45) is 17.6 Å². The van der Waals surface area contributed by atoms with E-state index in [0.29, 0.717) is 18.9 Å². The van der Waals surface area contributed by atoms with Crippen molar-refractivity contribution in [2.45, 2.75) is 26.7 Å². The second-order valence-electron chi connectivity index (χ2n) is 5.38. The van der Waals surface area contributed by atoms with Crippen LogP contribution < -0.4 is 11.1 Å². The number of nitrogens with zero attached hydrogens (tertiary/aromatic N) is 1. The van der Waals surface area contributed by atoms with Crippen LogP contribution in [0, 0.1) is 11.8 Å². The van der Waals surface area contributed by atoms with E-state index in [2.05, 4.69) is 19.2 Å². The minimum atomic E-state index is -3.25. The average molecular weight is 293 g/mol. The van der Waals surface area contributed by atoms with E-state index in [1.54, 1.807) is 0 Å². The molecule has 6 nitrogen and oxygen atoms in total. The number of nitrogens with one attached hydrogen (secondary N) is 1. The molecular formula is C12H27N3O3S. The van der Waals surface area contributed by atoms with Crippen LogP contribution in [0.2, 0.25) is 0 Å². The zero-order chi connectivity index (χ0) is 15.1.